The predicted octanol–water partition coefficient (Wildman–Crippen LogP) is 1.22. The molecule has 0 aliphatic carbocycles. The largest absolute Gasteiger partial charge is 0.350 e. The summed E-state index contributed by atoms with van der Waals surface area (Å²) in [5.41, 5.74) is -0.345. The van der Waals surface area contributed by atoms with Gasteiger partial charge < -0.3 is 10.2 Å². The number of nitrogens with zero attached hydrogens (tertiary/aromatic N) is 1. The van der Waals surface area contributed by atoms with Crippen LogP contribution in [0, 0.1) is 0 Å². The van der Waals surface area contributed by atoms with Crippen LogP contribution in [0.25, 0.3) is 0 Å². The molecule has 0 aromatic carbocycles. The summed E-state index contributed by atoms with van der Waals surface area (Å²) in [5.74, 6) is -0.393. The Balaban J connectivity index is 2.66. The first-order valence-electron chi connectivity index (χ1n) is 8.05. The second-order valence-electron chi connectivity index (χ2n) is 6.80. The predicted molar refractivity (Wildman–Crippen MR) is 100 cm³/mol. The van der Waals surface area contributed by atoms with Crippen LogP contribution in [-0.4, -0.2) is 56.6 Å². The van der Waals surface area contributed by atoms with Gasteiger partial charge in [-0.15, -0.1) is 11.3 Å². The van der Waals surface area contributed by atoms with Gasteiger partial charge in [0.1, 0.15) is 0 Å². The Hall–Kier alpha value is -1.45. The summed E-state index contributed by atoms with van der Waals surface area (Å²) < 4.78 is 24.5. The number of thiophene rings is 1. The maximum atomic E-state index is 12.6. The van der Waals surface area contributed by atoms with E-state index in [0.717, 1.165) is 11.1 Å². The van der Waals surface area contributed by atoms with E-state index >= 15 is 0 Å². The molecular formula is C16H27N3O4S2. The first-order valence-corrected chi connectivity index (χ1v) is 10.8. The van der Waals surface area contributed by atoms with Gasteiger partial charge in [-0.05, 0) is 46.2 Å². The van der Waals surface area contributed by atoms with Crippen molar-refractivity contribution in [2.24, 2.45) is 0 Å². The van der Waals surface area contributed by atoms with E-state index in [2.05, 4.69) is 10.0 Å². The molecule has 142 valence electrons. The van der Waals surface area contributed by atoms with E-state index in [4.69, 9.17) is 0 Å². The topological polar surface area (TPSA) is 95.6 Å². The van der Waals surface area contributed by atoms with Crippen LogP contribution in [0.2, 0.25) is 0 Å². The molecule has 1 heterocycles. The maximum Gasteiger partial charge on any atom is 0.264 e. The van der Waals surface area contributed by atoms with Gasteiger partial charge in [-0.1, -0.05) is 0 Å². The molecule has 9 heteroatoms. The van der Waals surface area contributed by atoms with Crippen molar-refractivity contribution in [3.63, 3.8) is 0 Å². The molecule has 1 aromatic rings. The fourth-order valence-electron chi connectivity index (χ4n) is 2.10. The molecule has 1 rings (SSSR count). The lowest BCUT2D eigenvalue weighted by Crippen LogP contribution is -2.47. The average Bonchev–Trinajstić information content (AvgIpc) is 2.89. The van der Waals surface area contributed by atoms with Crippen molar-refractivity contribution in [3.8, 4) is 0 Å². The SMILES string of the molecule is CCN(CC(=O)NC(C)(C)C)C(=O)c1ccc(CCNS(C)(=O)=O)s1. The Labute approximate surface area is 153 Å². The Bertz CT molecular complexity index is 705. The molecule has 0 bridgehead atoms. The van der Waals surface area contributed by atoms with Crippen LogP contribution in [0.3, 0.4) is 0 Å². The van der Waals surface area contributed by atoms with Crippen LogP contribution >= 0.6 is 11.3 Å². The third-order valence-corrected chi connectivity index (χ3v) is 4.99. The van der Waals surface area contributed by atoms with Gasteiger partial charge in [-0.25, -0.2) is 13.1 Å². The molecule has 25 heavy (non-hydrogen) atoms. The Morgan fingerprint density at radius 1 is 1.24 bits per heavy atom. The van der Waals surface area contributed by atoms with Crippen molar-refractivity contribution in [2.75, 3.05) is 25.9 Å². The zero-order valence-corrected chi connectivity index (χ0v) is 17.0. The third-order valence-electron chi connectivity index (χ3n) is 3.13. The molecule has 2 N–H and O–H groups in total. The molecule has 0 saturated carbocycles. The normalized spacial score (nSPS) is 12.0. The van der Waals surface area contributed by atoms with Gasteiger partial charge in [0.2, 0.25) is 15.9 Å². The van der Waals surface area contributed by atoms with E-state index in [-0.39, 0.29) is 23.9 Å². The molecule has 0 aliphatic rings. The number of hydrogen-bond acceptors (Lipinski definition) is 5. The van der Waals surface area contributed by atoms with Crippen molar-refractivity contribution in [3.05, 3.63) is 21.9 Å². The second kappa shape index (κ2) is 8.77. The summed E-state index contributed by atoms with van der Waals surface area (Å²) >= 11 is 1.32. The minimum Gasteiger partial charge on any atom is -0.350 e. The number of nitrogens with one attached hydrogen (secondary N) is 2. The molecule has 1 aromatic heterocycles. The number of amides is 2. The van der Waals surface area contributed by atoms with Gasteiger partial charge >= 0.3 is 0 Å². The lowest BCUT2D eigenvalue weighted by Gasteiger charge is -2.24. The van der Waals surface area contributed by atoms with E-state index in [1.807, 2.05) is 33.8 Å². The molecule has 0 fully saturated rings. The van der Waals surface area contributed by atoms with Crippen molar-refractivity contribution in [1.29, 1.82) is 0 Å². The highest BCUT2D eigenvalue weighted by molar-refractivity contribution is 7.88. The van der Waals surface area contributed by atoms with Gasteiger partial charge in [0.05, 0.1) is 17.7 Å². The highest BCUT2D eigenvalue weighted by atomic mass is 32.2. The summed E-state index contributed by atoms with van der Waals surface area (Å²) in [6.45, 7) is 8.22. The fraction of sp³-hybridized carbons (Fsp3) is 0.625. The smallest absolute Gasteiger partial charge is 0.264 e. The molecule has 0 radical (unpaired) electrons. The van der Waals surface area contributed by atoms with Crippen molar-refractivity contribution in [1.82, 2.24) is 14.9 Å². The quantitative estimate of drug-likeness (QED) is 0.699. The van der Waals surface area contributed by atoms with Gasteiger partial charge in [0.15, 0.2) is 0 Å². The van der Waals surface area contributed by atoms with Crippen LogP contribution in [0.4, 0.5) is 0 Å². The molecule has 0 spiro atoms. The van der Waals surface area contributed by atoms with E-state index in [1.165, 1.54) is 16.2 Å². The highest BCUT2D eigenvalue weighted by Gasteiger charge is 2.21. The van der Waals surface area contributed by atoms with Gasteiger partial charge in [-0.3, -0.25) is 9.59 Å². The number of sulfonamides is 1. The standard InChI is InChI=1S/C16H27N3O4S2/c1-6-19(11-14(20)18-16(2,3)4)15(21)13-8-7-12(24-13)9-10-17-25(5,22)23/h7-8,17H,6,9-11H2,1-5H3,(H,18,20). The molecule has 0 aliphatic heterocycles. The number of hydrogen-bond donors (Lipinski definition) is 2. The van der Waals surface area contributed by atoms with E-state index in [1.54, 1.807) is 6.07 Å². The average molecular weight is 390 g/mol. The lowest BCUT2D eigenvalue weighted by molar-refractivity contribution is -0.123. The number of likely N-dealkylation sites (N-methyl/N-ethyl adjacent to an activating group) is 1. The number of carbonyl (C=O) groups excluding carboxylic acids is 2. The zero-order valence-electron chi connectivity index (χ0n) is 15.4. The lowest BCUT2D eigenvalue weighted by atomic mass is 10.1. The molecule has 0 atom stereocenters. The minimum absolute atomic E-state index is 0.00940. The Morgan fingerprint density at radius 2 is 1.88 bits per heavy atom. The summed E-state index contributed by atoms with van der Waals surface area (Å²) in [6.07, 6.45) is 1.62. The fourth-order valence-corrected chi connectivity index (χ4v) is 3.55. The van der Waals surface area contributed by atoms with Crippen LogP contribution in [0.5, 0.6) is 0 Å². The summed E-state index contributed by atoms with van der Waals surface area (Å²) in [7, 11) is -3.21. The van der Waals surface area contributed by atoms with Crippen LogP contribution in [-0.2, 0) is 21.2 Å². The molecule has 2 amide bonds. The van der Waals surface area contributed by atoms with Gasteiger partial charge in [-0.2, -0.15) is 0 Å². The zero-order chi connectivity index (χ0) is 19.3. The van der Waals surface area contributed by atoms with Crippen LogP contribution < -0.4 is 10.0 Å². The molecule has 0 saturated heterocycles. The van der Waals surface area contributed by atoms with Crippen molar-refractivity contribution < 1.29 is 18.0 Å². The molecular weight excluding hydrogens is 362 g/mol. The van der Waals surface area contributed by atoms with E-state index < -0.39 is 10.0 Å². The molecule has 7 nitrogen and oxygen atoms in total. The van der Waals surface area contributed by atoms with Gasteiger partial charge in [0, 0.05) is 23.5 Å². The highest BCUT2D eigenvalue weighted by Crippen LogP contribution is 2.19. The summed E-state index contributed by atoms with van der Waals surface area (Å²) in [6, 6.07) is 3.53. The monoisotopic (exact) mass is 389 g/mol. The summed E-state index contributed by atoms with van der Waals surface area (Å²) in [4.78, 5) is 27.6. The number of rotatable bonds is 8. The van der Waals surface area contributed by atoms with Crippen LogP contribution in [0.1, 0.15) is 42.2 Å². The summed E-state index contributed by atoms with van der Waals surface area (Å²) in [5, 5.41) is 2.84. The minimum atomic E-state index is -3.21. The van der Waals surface area contributed by atoms with E-state index in [0.29, 0.717) is 24.4 Å². The maximum absolute atomic E-state index is 12.6. The number of carbonyl (C=O) groups is 2. The first kappa shape index (κ1) is 21.6. The van der Waals surface area contributed by atoms with Crippen molar-refractivity contribution >= 4 is 33.2 Å². The Kier molecular flexibility index (Phi) is 7.58. The van der Waals surface area contributed by atoms with Crippen LogP contribution in [0.15, 0.2) is 12.1 Å². The molecule has 0 unspecified atom stereocenters. The van der Waals surface area contributed by atoms with Gasteiger partial charge in [0.25, 0.3) is 5.91 Å². The second-order valence-corrected chi connectivity index (χ2v) is 9.80. The Morgan fingerprint density at radius 3 is 2.40 bits per heavy atom. The third kappa shape index (κ3) is 8.46. The van der Waals surface area contributed by atoms with Crippen molar-refractivity contribution in [2.45, 2.75) is 39.7 Å². The van der Waals surface area contributed by atoms with E-state index in [9.17, 15) is 18.0 Å². The first-order chi connectivity index (χ1) is 11.4.